The van der Waals surface area contributed by atoms with Crippen molar-refractivity contribution in [3.63, 3.8) is 0 Å². The van der Waals surface area contributed by atoms with Crippen LogP contribution in [0.15, 0.2) is 12.4 Å². The van der Waals surface area contributed by atoms with Crippen molar-refractivity contribution in [2.75, 3.05) is 45.5 Å². The van der Waals surface area contributed by atoms with Crippen molar-refractivity contribution in [1.82, 2.24) is 23.7 Å². The van der Waals surface area contributed by atoms with Crippen molar-refractivity contribution < 1.29 is 13.2 Å². The van der Waals surface area contributed by atoms with E-state index in [1.54, 1.807) is 33.2 Å². The van der Waals surface area contributed by atoms with Crippen LogP contribution in [0.1, 0.15) is 29.9 Å². The Morgan fingerprint density at radius 2 is 1.96 bits per heavy atom. The molecule has 8 nitrogen and oxygen atoms in total. The summed E-state index contributed by atoms with van der Waals surface area (Å²) >= 11 is 0. The summed E-state index contributed by atoms with van der Waals surface area (Å²) in [5.74, 6) is 0.242. The van der Waals surface area contributed by atoms with Crippen LogP contribution in [0.3, 0.4) is 0 Å². The molecular weight excluding hydrogens is 342 g/mol. The molecule has 1 aromatic rings. The molecule has 2 fully saturated rings. The zero-order chi connectivity index (χ0) is 18.0. The Hall–Kier alpha value is -1.45. The van der Waals surface area contributed by atoms with Crippen LogP contribution >= 0.6 is 0 Å². The molecule has 0 bridgehead atoms. The minimum absolute atomic E-state index is 0.135. The van der Waals surface area contributed by atoms with Crippen LogP contribution in [0.5, 0.6) is 0 Å². The van der Waals surface area contributed by atoms with Gasteiger partial charge in [0.05, 0.1) is 12.3 Å². The van der Waals surface area contributed by atoms with E-state index in [0.29, 0.717) is 25.5 Å². The molecule has 9 heteroatoms. The van der Waals surface area contributed by atoms with Gasteiger partial charge in [-0.05, 0) is 25.9 Å². The molecule has 2 aliphatic heterocycles. The summed E-state index contributed by atoms with van der Waals surface area (Å²) in [6, 6.07) is -0.135. The second-order valence-electron chi connectivity index (χ2n) is 7.00. The van der Waals surface area contributed by atoms with Gasteiger partial charge in [-0.3, -0.25) is 4.79 Å². The molecule has 0 aliphatic carbocycles. The van der Waals surface area contributed by atoms with Crippen LogP contribution in [0, 0.1) is 0 Å². The molecule has 25 heavy (non-hydrogen) atoms. The summed E-state index contributed by atoms with van der Waals surface area (Å²) in [5, 5.41) is 0. The summed E-state index contributed by atoms with van der Waals surface area (Å²) < 4.78 is 27.6. The van der Waals surface area contributed by atoms with Gasteiger partial charge in [-0.25, -0.2) is 13.4 Å². The van der Waals surface area contributed by atoms with Gasteiger partial charge in [-0.15, -0.1) is 0 Å². The van der Waals surface area contributed by atoms with Gasteiger partial charge in [0.25, 0.3) is 5.91 Å². The molecular formula is C16H27N5O3S. The van der Waals surface area contributed by atoms with E-state index in [0.717, 1.165) is 19.6 Å². The van der Waals surface area contributed by atoms with E-state index in [2.05, 4.69) is 9.88 Å². The summed E-state index contributed by atoms with van der Waals surface area (Å²) in [6.07, 6.45) is 8.21. The third-order valence-electron chi connectivity index (χ3n) is 5.08. The number of hydrogen-bond donors (Lipinski definition) is 0. The highest BCUT2D eigenvalue weighted by Crippen LogP contribution is 2.20. The van der Waals surface area contributed by atoms with Crippen LogP contribution in [0.4, 0.5) is 0 Å². The summed E-state index contributed by atoms with van der Waals surface area (Å²) in [4.78, 5) is 20.5. The average molecular weight is 369 g/mol. The number of imidazole rings is 1. The smallest absolute Gasteiger partial charge is 0.289 e. The Balaban J connectivity index is 1.56. The van der Waals surface area contributed by atoms with Crippen molar-refractivity contribution in [2.45, 2.75) is 25.3 Å². The van der Waals surface area contributed by atoms with Gasteiger partial charge < -0.3 is 14.4 Å². The number of carbonyl (C=O) groups is 1. The number of hydrogen-bond acceptors (Lipinski definition) is 5. The fourth-order valence-electron chi connectivity index (χ4n) is 3.56. The van der Waals surface area contributed by atoms with Gasteiger partial charge in [0.1, 0.15) is 0 Å². The minimum Gasteiger partial charge on any atom is -0.333 e. The highest BCUT2D eigenvalue weighted by Gasteiger charge is 2.39. The van der Waals surface area contributed by atoms with Crippen molar-refractivity contribution in [3.8, 4) is 0 Å². The largest absolute Gasteiger partial charge is 0.333 e. The van der Waals surface area contributed by atoms with Gasteiger partial charge in [0, 0.05) is 45.6 Å². The van der Waals surface area contributed by atoms with Gasteiger partial charge in [0.2, 0.25) is 10.0 Å². The topological polar surface area (TPSA) is 78.8 Å². The summed E-state index contributed by atoms with van der Waals surface area (Å²) in [7, 11) is -1.51. The molecule has 2 saturated heterocycles. The van der Waals surface area contributed by atoms with Crippen LogP contribution in [0.25, 0.3) is 0 Å². The molecule has 0 radical (unpaired) electrons. The SMILES string of the molecule is Cn1ccnc1C(=O)N1CC(N(CCN2CCCCC2)S(C)(=O)=O)C1. The molecule has 140 valence electrons. The first-order valence-corrected chi connectivity index (χ1v) is 10.7. The number of likely N-dealkylation sites (tertiary alicyclic amines) is 2. The van der Waals surface area contributed by atoms with E-state index in [1.807, 2.05) is 0 Å². The number of nitrogens with zero attached hydrogens (tertiary/aromatic N) is 5. The molecule has 1 amide bonds. The van der Waals surface area contributed by atoms with E-state index in [-0.39, 0.29) is 11.9 Å². The molecule has 0 atom stereocenters. The lowest BCUT2D eigenvalue weighted by Gasteiger charge is -2.44. The first-order valence-electron chi connectivity index (χ1n) is 8.82. The lowest BCUT2D eigenvalue weighted by molar-refractivity contribution is 0.0422. The number of piperidine rings is 1. The van der Waals surface area contributed by atoms with Crippen LogP contribution in [-0.4, -0.2) is 89.5 Å². The molecule has 3 rings (SSSR count). The predicted octanol–water partition coefficient (Wildman–Crippen LogP) is -0.00800. The lowest BCUT2D eigenvalue weighted by atomic mass is 10.1. The van der Waals surface area contributed by atoms with Gasteiger partial charge in [0.15, 0.2) is 5.82 Å². The zero-order valence-electron chi connectivity index (χ0n) is 15.0. The second-order valence-corrected chi connectivity index (χ2v) is 8.94. The monoisotopic (exact) mass is 369 g/mol. The van der Waals surface area contributed by atoms with Gasteiger partial charge >= 0.3 is 0 Å². The number of sulfonamides is 1. The lowest BCUT2D eigenvalue weighted by Crippen LogP contribution is -2.63. The standard InChI is InChI=1S/C16H27N5O3S/c1-18-9-6-17-15(18)16(22)20-12-14(13-20)21(25(2,23)24)11-10-19-7-4-3-5-8-19/h6,9,14H,3-5,7-8,10-13H2,1-2H3. The fourth-order valence-corrected chi connectivity index (χ4v) is 4.65. The number of aryl methyl sites for hydroxylation is 1. The van der Waals surface area contributed by atoms with E-state index in [1.165, 1.54) is 25.5 Å². The van der Waals surface area contributed by atoms with Gasteiger partial charge in [-0.2, -0.15) is 4.31 Å². The zero-order valence-corrected chi connectivity index (χ0v) is 15.8. The highest BCUT2D eigenvalue weighted by molar-refractivity contribution is 7.88. The van der Waals surface area contributed by atoms with E-state index in [4.69, 9.17) is 0 Å². The Bertz CT molecular complexity index is 705. The third-order valence-corrected chi connectivity index (χ3v) is 6.41. The Morgan fingerprint density at radius 3 is 2.52 bits per heavy atom. The number of aromatic nitrogens is 2. The minimum atomic E-state index is -3.29. The Kier molecular flexibility index (Phi) is 5.45. The first kappa shape index (κ1) is 18.3. The predicted molar refractivity (Wildman–Crippen MR) is 94.7 cm³/mol. The number of rotatable bonds is 6. The average Bonchev–Trinajstić information content (AvgIpc) is 2.94. The van der Waals surface area contributed by atoms with Crippen molar-refractivity contribution in [3.05, 3.63) is 18.2 Å². The molecule has 0 spiro atoms. The number of carbonyl (C=O) groups excluding carboxylic acids is 1. The highest BCUT2D eigenvalue weighted by atomic mass is 32.2. The van der Waals surface area contributed by atoms with E-state index >= 15 is 0 Å². The quantitative estimate of drug-likeness (QED) is 0.705. The van der Waals surface area contributed by atoms with Crippen molar-refractivity contribution in [1.29, 1.82) is 0 Å². The van der Waals surface area contributed by atoms with Crippen LogP contribution in [-0.2, 0) is 17.1 Å². The molecule has 3 heterocycles. The Morgan fingerprint density at radius 1 is 1.28 bits per heavy atom. The molecule has 0 unspecified atom stereocenters. The van der Waals surface area contributed by atoms with Crippen LogP contribution < -0.4 is 0 Å². The molecule has 1 aromatic heterocycles. The number of amides is 1. The van der Waals surface area contributed by atoms with Crippen LogP contribution in [0.2, 0.25) is 0 Å². The van der Waals surface area contributed by atoms with Crippen molar-refractivity contribution in [2.24, 2.45) is 7.05 Å². The third kappa shape index (κ3) is 4.21. The maximum atomic E-state index is 12.4. The first-order chi connectivity index (χ1) is 11.9. The van der Waals surface area contributed by atoms with Crippen molar-refractivity contribution >= 4 is 15.9 Å². The van der Waals surface area contributed by atoms with E-state index in [9.17, 15) is 13.2 Å². The van der Waals surface area contributed by atoms with E-state index < -0.39 is 10.0 Å². The fraction of sp³-hybridized carbons (Fsp3) is 0.750. The normalized spacial score (nSPS) is 20.0. The molecule has 0 aromatic carbocycles. The molecule has 2 aliphatic rings. The Labute approximate surface area is 149 Å². The second kappa shape index (κ2) is 7.43. The summed E-state index contributed by atoms with van der Waals surface area (Å²) in [6.45, 7) is 4.21. The molecule has 0 N–H and O–H groups in total. The summed E-state index contributed by atoms with van der Waals surface area (Å²) in [5.41, 5.74) is 0. The van der Waals surface area contributed by atoms with Gasteiger partial charge in [-0.1, -0.05) is 6.42 Å². The maximum absolute atomic E-state index is 12.4. The molecule has 0 saturated carbocycles. The maximum Gasteiger partial charge on any atom is 0.289 e.